The Morgan fingerprint density at radius 3 is 2.53 bits per heavy atom. The summed E-state index contributed by atoms with van der Waals surface area (Å²) in [4.78, 5) is 0. The summed E-state index contributed by atoms with van der Waals surface area (Å²) in [5, 5.41) is 19.5. The molecule has 0 amide bonds. The molecule has 0 saturated heterocycles. The van der Waals surface area contributed by atoms with Gasteiger partial charge in [-0.05, 0) is 18.9 Å². The highest BCUT2D eigenvalue weighted by Gasteiger charge is 2.41. The lowest BCUT2D eigenvalue weighted by Crippen LogP contribution is -2.10. The van der Waals surface area contributed by atoms with E-state index in [0.29, 0.717) is 17.9 Å². The van der Waals surface area contributed by atoms with Gasteiger partial charge >= 0.3 is 0 Å². The van der Waals surface area contributed by atoms with Crippen LogP contribution in [0, 0.1) is 0 Å². The van der Waals surface area contributed by atoms with Crippen molar-refractivity contribution in [2.45, 2.75) is 24.9 Å². The summed E-state index contributed by atoms with van der Waals surface area (Å²) in [7, 11) is 0. The molecule has 1 aliphatic carbocycles. The van der Waals surface area contributed by atoms with Gasteiger partial charge in [-0.25, -0.2) is 0 Å². The smallest absolute Gasteiger partial charge is 0.231 e. The molecule has 1 saturated carbocycles. The van der Waals surface area contributed by atoms with Crippen molar-refractivity contribution in [3.63, 3.8) is 0 Å². The van der Waals surface area contributed by atoms with Crippen LogP contribution in [-0.2, 0) is 6.42 Å². The summed E-state index contributed by atoms with van der Waals surface area (Å²) in [5.41, 5.74) is 0.116. The van der Waals surface area contributed by atoms with Crippen LogP contribution in [0.15, 0.2) is 12.1 Å². The Morgan fingerprint density at radius 1 is 1.20 bits per heavy atom. The standard InChI is InChI=1S/C11H12O4/c12-8-4-10-9(14-6-15-10)3-7(8)5-11(13)1-2-11/h3-4,12-13H,1-2,5-6H2. The zero-order valence-corrected chi connectivity index (χ0v) is 8.19. The maximum Gasteiger partial charge on any atom is 0.231 e. The molecule has 1 heterocycles. The van der Waals surface area contributed by atoms with Crippen LogP contribution in [0.4, 0.5) is 0 Å². The molecule has 4 nitrogen and oxygen atoms in total. The average molecular weight is 208 g/mol. The minimum atomic E-state index is -0.606. The van der Waals surface area contributed by atoms with Crippen LogP contribution < -0.4 is 9.47 Å². The van der Waals surface area contributed by atoms with Gasteiger partial charge in [0.1, 0.15) is 5.75 Å². The summed E-state index contributed by atoms with van der Waals surface area (Å²) in [5.74, 6) is 1.38. The maximum atomic E-state index is 9.77. The van der Waals surface area contributed by atoms with Gasteiger partial charge in [0.15, 0.2) is 11.5 Å². The fourth-order valence-electron chi connectivity index (χ4n) is 1.79. The van der Waals surface area contributed by atoms with Crippen molar-refractivity contribution < 1.29 is 19.7 Å². The van der Waals surface area contributed by atoms with Crippen LogP contribution in [0.25, 0.3) is 0 Å². The van der Waals surface area contributed by atoms with Gasteiger partial charge in [-0.3, -0.25) is 0 Å². The van der Waals surface area contributed by atoms with E-state index in [1.165, 1.54) is 0 Å². The van der Waals surface area contributed by atoms with Gasteiger partial charge < -0.3 is 19.7 Å². The molecular weight excluding hydrogens is 196 g/mol. The molecule has 0 spiro atoms. The number of hydrogen-bond acceptors (Lipinski definition) is 4. The minimum absolute atomic E-state index is 0.166. The summed E-state index contributed by atoms with van der Waals surface area (Å²) in [6.45, 7) is 0.197. The first kappa shape index (κ1) is 8.85. The van der Waals surface area contributed by atoms with Crippen LogP contribution in [0.1, 0.15) is 18.4 Å². The van der Waals surface area contributed by atoms with E-state index in [0.717, 1.165) is 18.4 Å². The zero-order valence-electron chi connectivity index (χ0n) is 8.19. The topological polar surface area (TPSA) is 58.9 Å². The Bertz CT molecular complexity index is 409. The molecule has 0 atom stereocenters. The Labute approximate surface area is 87.1 Å². The van der Waals surface area contributed by atoms with Gasteiger partial charge in [-0.1, -0.05) is 0 Å². The first-order valence-corrected chi connectivity index (χ1v) is 5.00. The third-order valence-electron chi connectivity index (χ3n) is 2.92. The van der Waals surface area contributed by atoms with Crippen molar-refractivity contribution in [1.82, 2.24) is 0 Å². The van der Waals surface area contributed by atoms with E-state index in [-0.39, 0.29) is 12.5 Å². The van der Waals surface area contributed by atoms with E-state index in [1.807, 2.05) is 0 Å². The van der Waals surface area contributed by atoms with Gasteiger partial charge in [0, 0.05) is 18.1 Å². The molecule has 1 aliphatic heterocycles. The molecule has 2 N–H and O–H groups in total. The van der Waals surface area contributed by atoms with Crippen molar-refractivity contribution in [2.75, 3.05) is 6.79 Å². The Balaban J connectivity index is 1.94. The van der Waals surface area contributed by atoms with Crippen molar-refractivity contribution in [3.05, 3.63) is 17.7 Å². The van der Waals surface area contributed by atoms with E-state index in [9.17, 15) is 10.2 Å². The number of aromatic hydroxyl groups is 1. The SMILES string of the molecule is Oc1cc2c(cc1CC1(O)CC1)OCO2. The zero-order chi connectivity index (χ0) is 10.5. The predicted octanol–water partition coefficient (Wildman–Crippen LogP) is 1.19. The van der Waals surface area contributed by atoms with Crippen LogP contribution in [0.5, 0.6) is 17.2 Å². The van der Waals surface area contributed by atoms with Crippen molar-refractivity contribution in [1.29, 1.82) is 0 Å². The molecule has 0 unspecified atom stereocenters. The number of hydrogen-bond donors (Lipinski definition) is 2. The summed E-state index contributed by atoms with van der Waals surface area (Å²) >= 11 is 0. The van der Waals surface area contributed by atoms with Crippen LogP contribution >= 0.6 is 0 Å². The summed E-state index contributed by atoms with van der Waals surface area (Å²) < 4.78 is 10.3. The molecule has 1 fully saturated rings. The molecule has 0 bridgehead atoms. The van der Waals surface area contributed by atoms with Gasteiger partial charge in [0.2, 0.25) is 6.79 Å². The molecular formula is C11H12O4. The maximum absolute atomic E-state index is 9.77. The lowest BCUT2D eigenvalue weighted by atomic mass is 10.0. The second-order valence-corrected chi connectivity index (χ2v) is 4.24. The number of aliphatic hydroxyl groups is 1. The molecule has 0 aromatic heterocycles. The quantitative estimate of drug-likeness (QED) is 0.766. The average Bonchev–Trinajstić information content (AvgIpc) is 2.74. The van der Waals surface area contributed by atoms with Crippen LogP contribution in [-0.4, -0.2) is 22.6 Å². The van der Waals surface area contributed by atoms with Crippen molar-refractivity contribution in [2.24, 2.45) is 0 Å². The number of phenols is 1. The Kier molecular flexibility index (Phi) is 1.65. The molecule has 4 heteroatoms. The Morgan fingerprint density at radius 2 is 1.87 bits per heavy atom. The first-order valence-electron chi connectivity index (χ1n) is 5.00. The molecule has 1 aromatic rings. The third-order valence-corrected chi connectivity index (χ3v) is 2.92. The molecule has 15 heavy (non-hydrogen) atoms. The van der Waals surface area contributed by atoms with Crippen molar-refractivity contribution >= 4 is 0 Å². The number of benzene rings is 1. The fourth-order valence-corrected chi connectivity index (χ4v) is 1.79. The number of phenolic OH excluding ortho intramolecular Hbond substituents is 1. The second kappa shape index (κ2) is 2.79. The number of fused-ring (bicyclic) bond motifs is 1. The third kappa shape index (κ3) is 1.51. The molecule has 80 valence electrons. The van der Waals surface area contributed by atoms with Gasteiger partial charge in [-0.2, -0.15) is 0 Å². The second-order valence-electron chi connectivity index (χ2n) is 4.24. The van der Waals surface area contributed by atoms with E-state index in [2.05, 4.69) is 0 Å². The molecule has 3 rings (SSSR count). The predicted molar refractivity (Wildman–Crippen MR) is 52.1 cm³/mol. The lowest BCUT2D eigenvalue weighted by molar-refractivity contribution is 0.150. The van der Waals surface area contributed by atoms with Gasteiger partial charge in [-0.15, -0.1) is 0 Å². The van der Waals surface area contributed by atoms with E-state index in [1.54, 1.807) is 12.1 Å². The van der Waals surface area contributed by atoms with Gasteiger partial charge in [0.25, 0.3) is 0 Å². The summed E-state index contributed by atoms with van der Waals surface area (Å²) in [6.07, 6.45) is 2.09. The van der Waals surface area contributed by atoms with Crippen molar-refractivity contribution in [3.8, 4) is 17.2 Å². The normalized spacial score (nSPS) is 20.3. The monoisotopic (exact) mass is 208 g/mol. The number of rotatable bonds is 2. The van der Waals surface area contributed by atoms with E-state index >= 15 is 0 Å². The first-order chi connectivity index (χ1) is 7.16. The minimum Gasteiger partial charge on any atom is -0.508 e. The summed E-state index contributed by atoms with van der Waals surface area (Å²) in [6, 6.07) is 3.29. The van der Waals surface area contributed by atoms with Gasteiger partial charge in [0.05, 0.1) is 5.60 Å². The number of ether oxygens (including phenoxy) is 2. The highest BCUT2D eigenvalue weighted by molar-refractivity contribution is 5.51. The van der Waals surface area contributed by atoms with Crippen LogP contribution in [0.2, 0.25) is 0 Å². The highest BCUT2D eigenvalue weighted by Crippen LogP contribution is 2.43. The Hall–Kier alpha value is -1.42. The molecule has 2 aliphatic rings. The highest BCUT2D eigenvalue weighted by atomic mass is 16.7. The largest absolute Gasteiger partial charge is 0.508 e. The molecule has 1 aromatic carbocycles. The fraction of sp³-hybridized carbons (Fsp3) is 0.455. The molecule has 0 radical (unpaired) electrons. The lowest BCUT2D eigenvalue weighted by Gasteiger charge is -2.10. The van der Waals surface area contributed by atoms with E-state index < -0.39 is 5.60 Å². The van der Waals surface area contributed by atoms with E-state index in [4.69, 9.17) is 9.47 Å². The van der Waals surface area contributed by atoms with Crippen LogP contribution in [0.3, 0.4) is 0 Å².